The molecular formula is C13H17N3O. The predicted octanol–water partition coefficient (Wildman–Crippen LogP) is 1.21. The van der Waals surface area contributed by atoms with E-state index in [4.69, 9.17) is 5.73 Å². The van der Waals surface area contributed by atoms with Crippen molar-refractivity contribution in [1.29, 1.82) is 0 Å². The summed E-state index contributed by atoms with van der Waals surface area (Å²) >= 11 is 0. The molecule has 1 aromatic rings. The third-order valence-electron chi connectivity index (χ3n) is 3.87. The van der Waals surface area contributed by atoms with Gasteiger partial charge in [-0.1, -0.05) is 18.2 Å². The Balaban J connectivity index is 2.02. The molecule has 17 heavy (non-hydrogen) atoms. The number of hydrogen-bond donors (Lipinski definition) is 2. The number of hydrogen-bond acceptors (Lipinski definition) is 2. The molecule has 0 bridgehead atoms. The summed E-state index contributed by atoms with van der Waals surface area (Å²) in [6.07, 6.45) is 2.27. The topological polar surface area (TPSA) is 58.4 Å². The van der Waals surface area contributed by atoms with Gasteiger partial charge in [-0.3, -0.25) is 4.90 Å². The second kappa shape index (κ2) is 3.74. The van der Waals surface area contributed by atoms with Gasteiger partial charge in [0.05, 0.1) is 0 Å². The van der Waals surface area contributed by atoms with E-state index < -0.39 is 0 Å². The van der Waals surface area contributed by atoms with E-state index in [9.17, 15) is 4.79 Å². The summed E-state index contributed by atoms with van der Waals surface area (Å²) in [6, 6.07) is 8.15. The summed E-state index contributed by atoms with van der Waals surface area (Å²) in [5, 5.41) is 2.84. The number of rotatable bonds is 3. The first-order valence-electron chi connectivity index (χ1n) is 6.12. The highest BCUT2D eigenvalue weighted by molar-refractivity contribution is 5.95. The quantitative estimate of drug-likeness (QED) is 0.821. The average Bonchev–Trinajstić information content (AvgIpc) is 3.06. The molecule has 0 radical (unpaired) electrons. The fourth-order valence-electron chi connectivity index (χ4n) is 2.59. The van der Waals surface area contributed by atoms with Crippen molar-refractivity contribution in [2.24, 2.45) is 5.73 Å². The Morgan fingerprint density at radius 3 is 2.71 bits per heavy atom. The molecule has 1 aliphatic heterocycles. The second-order valence-corrected chi connectivity index (χ2v) is 4.89. The fraction of sp³-hybridized carbons (Fsp3) is 0.462. The first-order valence-corrected chi connectivity index (χ1v) is 6.12. The molecule has 1 saturated carbocycles. The Bertz CT molecular complexity index is 454. The van der Waals surface area contributed by atoms with Gasteiger partial charge in [0.1, 0.15) is 0 Å². The van der Waals surface area contributed by atoms with Crippen molar-refractivity contribution in [1.82, 2.24) is 5.32 Å². The normalized spacial score (nSPS) is 21.5. The van der Waals surface area contributed by atoms with Crippen LogP contribution in [0.3, 0.4) is 0 Å². The lowest BCUT2D eigenvalue weighted by molar-refractivity contribution is 0.252. The third-order valence-corrected chi connectivity index (χ3v) is 3.87. The van der Waals surface area contributed by atoms with E-state index in [-0.39, 0.29) is 11.4 Å². The van der Waals surface area contributed by atoms with Crippen molar-refractivity contribution >= 4 is 11.7 Å². The fourth-order valence-corrected chi connectivity index (χ4v) is 2.59. The molecular weight excluding hydrogens is 214 g/mol. The molecule has 0 unspecified atom stereocenters. The van der Waals surface area contributed by atoms with Gasteiger partial charge in [0.15, 0.2) is 0 Å². The highest BCUT2D eigenvalue weighted by Gasteiger charge is 2.45. The van der Waals surface area contributed by atoms with Crippen LogP contribution in [0.2, 0.25) is 0 Å². The minimum Gasteiger partial charge on any atom is -0.336 e. The van der Waals surface area contributed by atoms with Gasteiger partial charge in [-0.15, -0.1) is 0 Å². The molecule has 1 saturated heterocycles. The van der Waals surface area contributed by atoms with Gasteiger partial charge < -0.3 is 11.1 Å². The zero-order chi connectivity index (χ0) is 11.9. The first kappa shape index (κ1) is 10.6. The summed E-state index contributed by atoms with van der Waals surface area (Å²) in [5.74, 6) is 0. The third kappa shape index (κ3) is 1.60. The molecule has 4 nitrogen and oxygen atoms in total. The van der Waals surface area contributed by atoms with E-state index >= 15 is 0 Å². The molecule has 3 N–H and O–H groups in total. The number of para-hydroxylation sites is 1. The molecule has 0 aromatic heterocycles. The molecule has 3 rings (SSSR count). The summed E-state index contributed by atoms with van der Waals surface area (Å²) in [5.41, 5.74) is 8.28. The second-order valence-electron chi connectivity index (χ2n) is 4.89. The summed E-state index contributed by atoms with van der Waals surface area (Å²) in [6.45, 7) is 2.14. The molecule has 2 fully saturated rings. The number of urea groups is 1. The van der Waals surface area contributed by atoms with Gasteiger partial charge in [0.2, 0.25) is 0 Å². The average molecular weight is 231 g/mol. The SMILES string of the molecule is NCC1(c2ccccc2N2CCNC2=O)CC1. The molecule has 1 heterocycles. The molecule has 1 aliphatic carbocycles. The van der Waals surface area contributed by atoms with Crippen LogP contribution in [0, 0.1) is 0 Å². The zero-order valence-electron chi connectivity index (χ0n) is 9.78. The van der Waals surface area contributed by atoms with Crippen molar-refractivity contribution < 1.29 is 4.79 Å². The number of amides is 2. The molecule has 0 atom stereocenters. The van der Waals surface area contributed by atoms with E-state index in [1.165, 1.54) is 5.56 Å². The van der Waals surface area contributed by atoms with Gasteiger partial charge in [-0.05, 0) is 24.5 Å². The lowest BCUT2D eigenvalue weighted by Crippen LogP contribution is -2.31. The Kier molecular flexibility index (Phi) is 2.33. The maximum atomic E-state index is 11.7. The van der Waals surface area contributed by atoms with Gasteiger partial charge in [-0.25, -0.2) is 4.79 Å². The van der Waals surface area contributed by atoms with Crippen molar-refractivity contribution in [3.63, 3.8) is 0 Å². The Morgan fingerprint density at radius 2 is 2.12 bits per heavy atom. The molecule has 2 amide bonds. The summed E-state index contributed by atoms with van der Waals surface area (Å²) < 4.78 is 0. The zero-order valence-corrected chi connectivity index (χ0v) is 9.78. The standard InChI is InChI=1S/C13H17N3O/c14-9-13(5-6-13)10-3-1-2-4-11(10)16-8-7-15-12(16)17/h1-4H,5-9,14H2,(H,15,17). The number of nitrogens with zero attached hydrogens (tertiary/aromatic N) is 1. The van der Waals surface area contributed by atoms with Crippen molar-refractivity contribution in [3.05, 3.63) is 29.8 Å². The molecule has 90 valence electrons. The molecule has 1 aromatic carbocycles. The predicted molar refractivity (Wildman–Crippen MR) is 67.2 cm³/mol. The van der Waals surface area contributed by atoms with Crippen LogP contribution in [0.1, 0.15) is 18.4 Å². The van der Waals surface area contributed by atoms with Crippen LogP contribution in [0.15, 0.2) is 24.3 Å². The maximum Gasteiger partial charge on any atom is 0.322 e. The lowest BCUT2D eigenvalue weighted by Gasteiger charge is -2.23. The Morgan fingerprint density at radius 1 is 1.35 bits per heavy atom. The first-order chi connectivity index (χ1) is 8.27. The van der Waals surface area contributed by atoms with Crippen LogP contribution < -0.4 is 16.0 Å². The van der Waals surface area contributed by atoms with Crippen LogP contribution in [-0.2, 0) is 5.41 Å². The smallest absolute Gasteiger partial charge is 0.322 e. The van der Waals surface area contributed by atoms with E-state index in [1.54, 1.807) is 0 Å². The molecule has 4 heteroatoms. The Hall–Kier alpha value is -1.55. The van der Waals surface area contributed by atoms with E-state index in [0.717, 1.165) is 31.6 Å². The largest absolute Gasteiger partial charge is 0.336 e. The van der Waals surface area contributed by atoms with Crippen LogP contribution in [0.25, 0.3) is 0 Å². The van der Waals surface area contributed by atoms with Gasteiger partial charge in [0, 0.05) is 30.7 Å². The minimum absolute atomic E-state index is 0.00488. The number of carbonyl (C=O) groups is 1. The van der Waals surface area contributed by atoms with Crippen molar-refractivity contribution in [2.75, 3.05) is 24.5 Å². The van der Waals surface area contributed by atoms with E-state index in [0.29, 0.717) is 6.54 Å². The number of nitrogens with two attached hydrogens (primary N) is 1. The van der Waals surface area contributed by atoms with E-state index in [1.807, 2.05) is 23.1 Å². The van der Waals surface area contributed by atoms with Crippen LogP contribution in [0.5, 0.6) is 0 Å². The monoisotopic (exact) mass is 231 g/mol. The van der Waals surface area contributed by atoms with Gasteiger partial charge in [0.25, 0.3) is 0 Å². The molecule has 2 aliphatic rings. The highest BCUT2D eigenvalue weighted by Crippen LogP contribution is 2.50. The molecule has 0 spiro atoms. The highest BCUT2D eigenvalue weighted by atomic mass is 16.2. The maximum absolute atomic E-state index is 11.7. The van der Waals surface area contributed by atoms with Crippen LogP contribution in [0.4, 0.5) is 10.5 Å². The van der Waals surface area contributed by atoms with Gasteiger partial charge in [-0.2, -0.15) is 0 Å². The summed E-state index contributed by atoms with van der Waals surface area (Å²) in [7, 11) is 0. The number of benzene rings is 1. The number of anilines is 1. The van der Waals surface area contributed by atoms with Crippen LogP contribution >= 0.6 is 0 Å². The van der Waals surface area contributed by atoms with Gasteiger partial charge >= 0.3 is 6.03 Å². The Labute approximate surface area is 101 Å². The number of nitrogens with one attached hydrogen (secondary N) is 1. The lowest BCUT2D eigenvalue weighted by atomic mass is 9.94. The summed E-state index contributed by atoms with van der Waals surface area (Å²) in [4.78, 5) is 13.6. The van der Waals surface area contributed by atoms with Crippen LogP contribution in [-0.4, -0.2) is 25.7 Å². The minimum atomic E-state index is 0.00488. The van der Waals surface area contributed by atoms with Crippen molar-refractivity contribution in [3.8, 4) is 0 Å². The van der Waals surface area contributed by atoms with E-state index in [2.05, 4.69) is 11.4 Å². The number of carbonyl (C=O) groups excluding carboxylic acids is 1. The van der Waals surface area contributed by atoms with Crippen molar-refractivity contribution in [2.45, 2.75) is 18.3 Å².